The summed E-state index contributed by atoms with van der Waals surface area (Å²) in [5.74, 6) is 0.279. The minimum atomic E-state index is -3.76. The molecular weight excluding hydrogens is 448 g/mol. The third-order valence-corrected chi connectivity index (χ3v) is 6.78. The van der Waals surface area contributed by atoms with Gasteiger partial charge in [-0.2, -0.15) is 0 Å². The van der Waals surface area contributed by atoms with Gasteiger partial charge in [0.2, 0.25) is 5.91 Å². The molecule has 1 aliphatic rings. The summed E-state index contributed by atoms with van der Waals surface area (Å²) in [6, 6.07) is 13.8. The first kappa shape index (κ1) is 24.2. The van der Waals surface area contributed by atoms with Crippen LogP contribution in [0.15, 0.2) is 58.4 Å². The summed E-state index contributed by atoms with van der Waals surface area (Å²) in [4.78, 5) is 19.0. The van der Waals surface area contributed by atoms with Gasteiger partial charge in [0.05, 0.1) is 11.4 Å². The molecule has 7 nitrogen and oxygen atoms in total. The predicted octanol–water partition coefficient (Wildman–Crippen LogP) is 4.05. The number of nitrogens with zero attached hydrogens (tertiary/aromatic N) is 2. The highest BCUT2D eigenvalue weighted by Crippen LogP contribution is 2.17. The summed E-state index contributed by atoms with van der Waals surface area (Å²) in [6.45, 7) is 4.06. The lowest BCUT2D eigenvalue weighted by molar-refractivity contribution is -0.117. The van der Waals surface area contributed by atoms with Crippen LogP contribution >= 0.6 is 11.6 Å². The summed E-state index contributed by atoms with van der Waals surface area (Å²) in [7, 11) is -3.76. The van der Waals surface area contributed by atoms with E-state index in [1.807, 2.05) is 36.1 Å². The fourth-order valence-electron chi connectivity index (χ4n) is 3.49. The molecule has 1 amide bonds. The van der Waals surface area contributed by atoms with Crippen LogP contribution in [0.2, 0.25) is 5.02 Å². The highest BCUT2D eigenvalue weighted by molar-refractivity contribution is 7.90. The number of sulfonamides is 1. The van der Waals surface area contributed by atoms with Gasteiger partial charge in [-0.05, 0) is 55.3 Å². The van der Waals surface area contributed by atoms with Crippen molar-refractivity contribution in [2.45, 2.75) is 44.0 Å². The highest BCUT2D eigenvalue weighted by atomic mass is 35.5. The Labute approximate surface area is 194 Å². The summed E-state index contributed by atoms with van der Waals surface area (Å²) in [6.07, 6.45) is 3.55. The number of hydrogen-bond donors (Lipinski definition) is 2. The summed E-state index contributed by atoms with van der Waals surface area (Å²) in [5, 5.41) is 3.46. The molecule has 2 aromatic carbocycles. The average molecular weight is 477 g/mol. The normalized spacial score (nSPS) is 14.5. The lowest BCUT2D eigenvalue weighted by Gasteiger charge is -2.20. The Hall–Kier alpha value is -2.42. The van der Waals surface area contributed by atoms with Crippen LogP contribution in [0.1, 0.15) is 38.2 Å². The SMILES string of the molecule is CCN(CC(=O)Nc1cccc(S(=O)(=O)NC2=NCCCCC2)c1)Cc1cccc(Cl)c1. The van der Waals surface area contributed by atoms with E-state index in [4.69, 9.17) is 11.6 Å². The Morgan fingerprint density at radius 3 is 2.72 bits per heavy atom. The number of rotatable bonds is 8. The van der Waals surface area contributed by atoms with Crippen molar-refractivity contribution in [2.75, 3.05) is 25.0 Å². The number of likely N-dealkylation sites (N-methyl/N-ethyl adjacent to an activating group) is 1. The van der Waals surface area contributed by atoms with Crippen molar-refractivity contribution >= 4 is 39.1 Å². The van der Waals surface area contributed by atoms with E-state index in [0.29, 0.717) is 42.6 Å². The molecule has 0 spiro atoms. The molecule has 0 saturated carbocycles. The van der Waals surface area contributed by atoms with Gasteiger partial charge in [-0.1, -0.05) is 43.1 Å². The Bertz CT molecular complexity index is 1070. The van der Waals surface area contributed by atoms with Crippen molar-refractivity contribution in [1.82, 2.24) is 9.62 Å². The number of aliphatic imine (C=N–C) groups is 1. The second kappa shape index (κ2) is 11.4. The van der Waals surface area contributed by atoms with Crippen LogP contribution in [0, 0.1) is 0 Å². The fraction of sp³-hybridized carbons (Fsp3) is 0.391. The number of halogens is 1. The standard InChI is InChI=1S/C23H29ClN4O3S/c1-2-28(16-18-8-6-9-19(24)14-18)17-23(29)26-20-10-7-11-21(15-20)32(30,31)27-22-12-4-3-5-13-25-22/h6-11,14-15H,2-5,12-13,16-17H2,1H3,(H,25,27)(H,26,29). The number of hydrogen-bond acceptors (Lipinski definition) is 5. The van der Waals surface area contributed by atoms with Gasteiger partial charge in [0.25, 0.3) is 10.0 Å². The minimum absolute atomic E-state index is 0.0912. The first-order chi connectivity index (χ1) is 15.4. The molecule has 0 saturated heterocycles. The lowest BCUT2D eigenvalue weighted by atomic mass is 10.2. The van der Waals surface area contributed by atoms with E-state index in [2.05, 4.69) is 15.0 Å². The average Bonchev–Trinajstić information content (AvgIpc) is 3.01. The molecule has 0 aliphatic carbocycles. The van der Waals surface area contributed by atoms with E-state index in [9.17, 15) is 13.2 Å². The van der Waals surface area contributed by atoms with E-state index in [1.54, 1.807) is 12.1 Å². The van der Waals surface area contributed by atoms with Crippen LogP contribution < -0.4 is 10.0 Å². The van der Waals surface area contributed by atoms with Crippen LogP contribution in [0.3, 0.4) is 0 Å². The Balaban J connectivity index is 1.62. The van der Waals surface area contributed by atoms with Gasteiger partial charge in [0.1, 0.15) is 5.84 Å². The molecule has 0 aromatic heterocycles. The van der Waals surface area contributed by atoms with Crippen LogP contribution in [0.25, 0.3) is 0 Å². The molecule has 1 aliphatic heterocycles. The van der Waals surface area contributed by atoms with Crippen LogP contribution in [-0.4, -0.2) is 44.7 Å². The van der Waals surface area contributed by atoms with Crippen LogP contribution in [-0.2, 0) is 21.4 Å². The topological polar surface area (TPSA) is 90.9 Å². The molecule has 32 heavy (non-hydrogen) atoms. The van der Waals surface area contributed by atoms with E-state index < -0.39 is 10.0 Å². The van der Waals surface area contributed by atoms with Gasteiger partial charge in [0, 0.05) is 30.2 Å². The zero-order chi connectivity index (χ0) is 23.0. The van der Waals surface area contributed by atoms with Crippen molar-refractivity contribution < 1.29 is 13.2 Å². The molecule has 0 bridgehead atoms. The van der Waals surface area contributed by atoms with Crippen molar-refractivity contribution in [3.05, 3.63) is 59.1 Å². The zero-order valence-electron chi connectivity index (χ0n) is 18.2. The van der Waals surface area contributed by atoms with Crippen molar-refractivity contribution in [3.8, 4) is 0 Å². The fourth-order valence-corrected chi connectivity index (χ4v) is 4.84. The molecular formula is C23H29ClN4O3S. The molecule has 0 radical (unpaired) electrons. The highest BCUT2D eigenvalue weighted by Gasteiger charge is 2.18. The third-order valence-electron chi connectivity index (χ3n) is 5.16. The number of amidine groups is 1. The van der Waals surface area contributed by atoms with E-state index in [1.165, 1.54) is 12.1 Å². The van der Waals surface area contributed by atoms with Gasteiger partial charge < -0.3 is 5.32 Å². The smallest absolute Gasteiger partial charge is 0.262 e. The van der Waals surface area contributed by atoms with Gasteiger partial charge in [0.15, 0.2) is 0 Å². The maximum Gasteiger partial charge on any atom is 0.262 e. The maximum absolute atomic E-state index is 12.8. The predicted molar refractivity (Wildman–Crippen MR) is 129 cm³/mol. The first-order valence-electron chi connectivity index (χ1n) is 10.8. The number of benzene rings is 2. The van der Waals surface area contributed by atoms with Gasteiger partial charge in [-0.15, -0.1) is 0 Å². The number of carbonyl (C=O) groups excluding carboxylic acids is 1. The van der Waals surface area contributed by atoms with Gasteiger partial charge in [-0.25, -0.2) is 8.42 Å². The maximum atomic E-state index is 12.8. The molecule has 0 unspecified atom stereocenters. The Morgan fingerprint density at radius 1 is 1.12 bits per heavy atom. The van der Waals surface area contributed by atoms with Gasteiger partial charge >= 0.3 is 0 Å². The largest absolute Gasteiger partial charge is 0.325 e. The Kier molecular flexibility index (Phi) is 8.67. The molecule has 3 rings (SSSR count). The van der Waals surface area contributed by atoms with Crippen molar-refractivity contribution in [1.29, 1.82) is 0 Å². The zero-order valence-corrected chi connectivity index (χ0v) is 19.8. The molecule has 172 valence electrons. The summed E-state index contributed by atoms with van der Waals surface area (Å²) in [5.41, 5.74) is 1.45. The number of nitrogens with one attached hydrogen (secondary N) is 2. The van der Waals surface area contributed by atoms with E-state index in [0.717, 1.165) is 24.8 Å². The lowest BCUT2D eigenvalue weighted by Crippen LogP contribution is -2.33. The van der Waals surface area contributed by atoms with Crippen LogP contribution in [0.5, 0.6) is 0 Å². The second-order valence-electron chi connectivity index (χ2n) is 7.75. The van der Waals surface area contributed by atoms with Gasteiger partial charge in [-0.3, -0.25) is 19.4 Å². The monoisotopic (exact) mass is 476 g/mol. The Morgan fingerprint density at radius 2 is 1.94 bits per heavy atom. The minimum Gasteiger partial charge on any atom is -0.325 e. The third kappa shape index (κ3) is 7.32. The molecule has 0 fully saturated rings. The van der Waals surface area contributed by atoms with E-state index in [-0.39, 0.29) is 17.3 Å². The molecule has 2 aromatic rings. The first-order valence-corrected chi connectivity index (χ1v) is 12.6. The number of carbonyl (C=O) groups is 1. The molecule has 2 N–H and O–H groups in total. The van der Waals surface area contributed by atoms with E-state index >= 15 is 0 Å². The summed E-state index contributed by atoms with van der Waals surface area (Å²) < 4.78 is 28.2. The van der Waals surface area contributed by atoms with Crippen molar-refractivity contribution in [3.63, 3.8) is 0 Å². The second-order valence-corrected chi connectivity index (χ2v) is 9.87. The molecule has 1 heterocycles. The quantitative estimate of drug-likeness (QED) is 0.601. The van der Waals surface area contributed by atoms with Crippen LogP contribution in [0.4, 0.5) is 5.69 Å². The molecule has 9 heteroatoms. The number of anilines is 1. The number of amides is 1. The summed E-state index contributed by atoms with van der Waals surface area (Å²) >= 11 is 6.05. The van der Waals surface area contributed by atoms with Crippen molar-refractivity contribution in [2.24, 2.45) is 4.99 Å². The molecule has 0 atom stereocenters.